The maximum Gasteiger partial charge on any atom is 0.329 e. The van der Waals surface area contributed by atoms with Crippen LogP contribution in [0.25, 0.3) is 10.8 Å². The van der Waals surface area contributed by atoms with Gasteiger partial charge in [-0.15, -0.1) is 0 Å². The van der Waals surface area contributed by atoms with Gasteiger partial charge in [-0.1, -0.05) is 12.1 Å². The molecule has 1 aromatic heterocycles. The van der Waals surface area contributed by atoms with E-state index >= 15 is 0 Å². The minimum atomic E-state index is -0.443. The van der Waals surface area contributed by atoms with Crippen molar-refractivity contribution in [2.24, 2.45) is 0 Å². The van der Waals surface area contributed by atoms with Crippen LogP contribution in [0.15, 0.2) is 24.4 Å². The van der Waals surface area contributed by atoms with E-state index in [9.17, 15) is 9.90 Å². The van der Waals surface area contributed by atoms with Gasteiger partial charge in [0.1, 0.15) is 6.04 Å². The number of nitrogen functional groups attached to an aromatic ring is 1. The summed E-state index contributed by atoms with van der Waals surface area (Å²) in [6.07, 6.45) is 2.31. The van der Waals surface area contributed by atoms with Crippen LogP contribution in [-0.4, -0.2) is 22.2 Å². The molecule has 0 saturated carbocycles. The first kappa shape index (κ1) is 10.0. The lowest BCUT2D eigenvalue weighted by atomic mass is 10.2. The number of nitrogens with two attached hydrogens (primary N) is 1. The van der Waals surface area contributed by atoms with Crippen molar-refractivity contribution in [3.8, 4) is 5.88 Å². The van der Waals surface area contributed by atoms with Gasteiger partial charge in [0.25, 0.3) is 0 Å². The molecule has 2 aromatic rings. The smallest absolute Gasteiger partial charge is 0.329 e. The monoisotopic (exact) mass is 232 g/mol. The third-order valence-electron chi connectivity index (χ3n) is 3.12. The summed E-state index contributed by atoms with van der Waals surface area (Å²) >= 11 is 0. The minimum Gasteiger partial charge on any atom is -0.494 e. The van der Waals surface area contributed by atoms with Gasteiger partial charge < -0.3 is 20.1 Å². The summed E-state index contributed by atoms with van der Waals surface area (Å²) in [6, 6.07) is 4.94. The normalized spacial score (nSPS) is 19.8. The molecular weight excluding hydrogens is 220 g/mol. The molecule has 0 unspecified atom stereocenters. The van der Waals surface area contributed by atoms with Crippen LogP contribution in [0.2, 0.25) is 0 Å². The van der Waals surface area contributed by atoms with Crippen LogP contribution in [0.4, 0.5) is 5.69 Å². The number of hydrogen-bond donors (Lipinski definition) is 2. The Hall–Kier alpha value is -2.17. The SMILES string of the molecule is Nc1cccc2cn([C@H]3CCOC3=O)c(O)c12. The van der Waals surface area contributed by atoms with E-state index in [1.807, 2.05) is 12.1 Å². The van der Waals surface area contributed by atoms with E-state index < -0.39 is 6.04 Å². The fourth-order valence-corrected chi connectivity index (χ4v) is 2.27. The lowest BCUT2D eigenvalue weighted by molar-refractivity contribution is -0.140. The number of cyclic esters (lactones) is 1. The molecule has 2 heterocycles. The number of aromatic hydroxyl groups is 1. The summed E-state index contributed by atoms with van der Waals surface area (Å²) in [5, 5.41) is 11.5. The summed E-state index contributed by atoms with van der Waals surface area (Å²) < 4.78 is 6.44. The van der Waals surface area contributed by atoms with Crippen LogP contribution in [0.3, 0.4) is 0 Å². The number of rotatable bonds is 1. The minimum absolute atomic E-state index is 0.0296. The number of fused-ring (bicyclic) bond motifs is 1. The maximum atomic E-state index is 11.5. The van der Waals surface area contributed by atoms with Crippen molar-refractivity contribution in [3.63, 3.8) is 0 Å². The molecule has 1 fully saturated rings. The molecule has 0 radical (unpaired) electrons. The van der Waals surface area contributed by atoms with Crippen molar-refractivity contribution in [3.05, 3.63) is 24.4 Å². The number of hydrogen-bond acceptors (Lipinski definition) is 4. The van der Waals surface area contributed by atoms with Crippen LogP contribution in [0.5, 0.6) is 5.88 Å². The number of esters is 1. The summed E-state index contributed by atoms with van der Waals surface area (Å²) in [6.45, 7) is 0.396. The van der Waals surface area contributed by atoms with Crippen molar-refractivity contribution in [2.45, 2.75) is 12.5 Å². The summed E-state index contributed by atoms with van der Waals surface area (Å²) in [5.74, 6) is -0.277. The molecule has 1 saturated heterocycles. The number of nitrogens with zero attached hydrogens (tertiary/aromatic N) is 1. The molecule has 3 rings (SSSR count). The molecular formula is C12H12N2O3. The van der Waals surface area contributed by atoms with Crippen molar-refractivity contribution in [2.75, 3.05) is 12.3 Å². The second-order valence-corrected chi connectivity index (χ2v) is 4.14. The number of carbonyl (C=O) groups excluding carboxylic acids is 1. The zero-order chi connectivity index (χ0) is 12.0. The Morgan fingerprint density at radius 3 is 2.94 bits per heavy atom. The van der Waals surface area contributed by atoms with E-state index in [2.05, 4.69) is 0 Å². The Bertz CT molecular complexity index is 603. The van der Waals surface area contributed by atoms with Gasteiger partial charge in [-0.2, -0.15) is 0 Å². The summed E-state index contributed by atoms with van der Waals surface area (Å²) in [4.78, 5) is 11.5. The Balaban J connectivity index is 2.21. The predicted octanol–water partition coefficient (Wildman–Crippen LogP) is 1.42. The van der Waals surface area contributed by atoms with Crippen LogP contribution >= 0.6 is 0 Å². The van der Waals surface area contributed by atoms with E-state index in [0.717, 1.165) is 5.39 Å². The molecule has 0 amide bonds. The third kappa shape index (κ3) is 1.35. The van der Waals surface area contributed by atoms with Crippen molar-refractivity contribution < 1.29 is 14.6 Å². The first-order valence-corrected chi connectivity index (χ1v) is 5.43. The quantitative estimate of drug-likeness (QED) is 0.575. The van der Waals surface area contributed by atoms with Crippen molar-refractivity contribution in [1.29, 1.82) is 0 Å². The summed E-state index contributed by atoms with van der Waals surface area (Å²) in [7, 11) is 0. The second kappa shape index (κ2) is 3.41. The molecule has 0 spiro atoms. The van der Waals surface area contributed by atoms with Gasteiger partial charge in [0.2, 0.25) is 5.88 Å². The molecule has 1 aliphatic heterocycles. The van der Waals surface area contributed by atoms with Gasteiger partial charge in [-0.3, -0.25) is 0 Å². The van der Waals surface area contributed by atoms with Gasteiger partial charge in [0.15, 0.2) is 0 Å². The fourth-order valence-electron chi connectivity index (χ4n) is 2.27. The number of ether oxygens (including phenoxy) is 1. The van der Waals surface area contributed by atoms with Gasteiger partial charge in [-0.25, -0.2) is 4.79 Å². The highest BCUT2D eigenvalue weighted by Crippen LogP contribution is 2.36. The number of carbonyl (C=O) groups is 1. The topological polar surface area (TPSA) is 77.5 Å². The highest BCUT2D eigenvalue weighted by atomic mass is 16.5. The standard InChI is InChI=1S/C12H12N2O3/c13-8-3-1-2-7-6-14(11(15)10(7)8)9-4-5-17-12(9)16/h1-3,6,9,15H,4-5,13H2/t9-/m0/s1. The largest absolute Gasteiger partial charge is 0.494 e. The average molecular weight is 232 g/mol. The van der Waals surface area contributed by atoms with Crippen molar-refractivity contribution >= 4 is 22.4 Å². The zero-order valence-corrected chi connectivity index (χ0v) is 9.09. The van der Waals surface area contributed by atoms with Crippen LogP contribution < -0.4 is 5.73 Å². The predicted molar refractivity (Wildman–Crippen MR) is 62.6 cm³/mol. The van der Waals surface area contributed by atoms with E-state index in [0.29, 0.717) is 24.1 Å². The zero-order valence-electron chi connectivity index (χ0n) is 9.09. The second-order valence-electron chi connectivity index (χ2n) is 4.14. The lowest BCUT2D eigenvalue weighted by Crippen LogP contribution is -2.12. The van der Waals surface area contributed by atoms with Crippen molar-refractivity contribution in [1.82, 2.24) is 4.57 Å². The molecule has 88 valence electrons. The Morgan fingerprint density at radius 1 is 1.47 bits per heavy atom. The van der Waals surface area contributed by atoms with Gasteiger partial charge in [0.05, 0.1) is 12.0 Å². The van der Waals surface area contributed by atoms with E-state index in [4.69, 9.17) is 10.5 Å². The molecule has 1 aliphatic rings. The first-order chi connectivity index (χ1) is 8.18. The van der Waals surface area contributed by atoms with Gasteiger partial charge in [0, 0.05) is 23.7 Å². The van der Waals surface area contributed by atoms with Crippen LogP contribution in [0, 0.1) is 0 Å². The molecule has 0 aliphatic carbocycles. The summed E-state index contributed by atoms with van der Waals surface area (Å²) in [5.41, 5.74) is 6.32. The highest BCUT2D eigenvalue weighted by molar-refractivity contribution is 5.98. The third-order valence-corrected chi connectivity index (χ3v) is 3.12. The van der Waals surface area contributed by atoms with Crippen LogP contribution in [0.1, 0.15) is 12.5 Å². The van der Waals surface area contributed by atoms with E-state index in [-0.39, 0.29) is 11.8 Å². The molecule has 3 N–H and O–H groups in total. The van der Waals surface area contributed by atoms with E-state index in [1.54, 1.807) is 12.3 Å². The fraction of sp³-hybridized carbons (Fsp3) is 0.250. The lowest BCUT2D eigenvalue weighted by Gasteiger charge is -2.08. The highest BCUT2D eigenvalue weighted by Gasteiger charge is 2.30. The Labute approximate surface area is 97.4 Å². The molecule has 1 aromatic carbocycles. The van der Waals surface area contributed by atoms with Crippen LogP contribution in [-0.2, 0) is 9.53 Å². The molecule has 17 heavy (non-hydrogen) atoms. The number of aromatic nitrogens is 1. The van der Waals surface area contributed by atoms with E-state index in [1.165, 1.54) is 4.57 Å². The molecule has 5 heteroatoms. The first-order valence-electron chi connectivity index (χ1n) is 5.43. The average Bonchev–Trinajstić information content (AvgIpc) is 2.84. The number of benzene rings is 1. The van der Waals surface area contributed by atoms with Gasteiger partial charge >= 0.3 is 5.97 Å². The van der Waals surface area contributed by atoms with Gasteiger partial charge in [-0.05, 0) is 6.07 Å². The maximum absolute atomic E-state index is 11.5. The Morgan fingerprint density at radius 2 is 2.29 bits per heavy atom. The molecule has 5 nitrogen and oxygen atoms in total. The number of anilines is 1. The molecule has 1 atom stereocenters. The Kier molecular flexibility index (Phi) is 2.01. The molecule has 0 bridgehead atoms.